The molecule has 0 unspecified atom stereocenters. The molecular weight excluding hydrogens is 1420 g/mol. The summed E-state index contributed by atoms with van der Waals surface area (Å²) in [5, 5.41) is 10.6. The van der Waals surface area contributed by atoms with Crippen LogP contribution in [0.15, 0.2) is 174 Å². The van der Waals surface area contributed by atoms with Gasteiger partial charge in [-0.05, 0) is 132 Å². The molecule has 0 bridgehead atoms. The third-order valence-corrected chi connectivity index (χ3v) is 15.2. The average molecular weight is 1520 g/mol. The van der Waals surface area contributed by atoms with Gasteiger partial charge < -0.3 is 45.9 Å². The van der Waals surface area contributed by atoms with E-state index in [0.29, 0.717) is 47.3 Å². The number of hydrogen-bond donors (Lipinski definition) is 0. The summed E-state index contributed by atoms with van der Waals surface area (Å²) in [4.78, 5) is 10.6. The average Bonchev–Trinajstić information content (AvgIpc) is 3.63. The van der Waals surface area contributed by atoms with Crippen molar-refractivity contribution in [1.29, 1.82) is 0 Å². The number of nitrogens with zero attached hydrogens (tertiary/aromatic N) is 4. The van der Waals surface area contributed by atoms with Gasteiger partial charge in [0.05, 0.1) is 0 Å². The molecule has 0 heterocycles. The minimum absolute atomic E-state index is 0. The molecule has 0 amide bonds. The number of benzene rings is 7. The monoisotopic (exact) mass is 1520 g/mol. The van der Waals surface area contributed by atoms with Crippen LogP contribution in [0.1, 0.15) is 261 Å². The molecule has 0 atom stereocenters. The van der Waals surface area contributed by atoms with E-state index in [9.17, 15) is 0 Å². The van der Waals surface area contributed by atoms with E-state index in [0.717, 1.165) is 45.9 Å². The van der Waals surface area contributed by atoms with Crippen molar-refractivity contribution in [3.63, 3.8) is 0 Å². The molecule has 0 fully saturated rings. The van der Waals surface area contributed by atoms with Crippen LogP contribution in [0.5, 0.6) is 0 Å². The second-order valence-electron chi connectivity index (χ2n) is 26.9. The zero-order chi connectivity index (χ0) is 63.8. The number of amidine groups is 2. The molecule has 8 heteroatoms. The van der Waals surface area contributed by atoms with Gasteiger partial charge in [0.15, 0.2) is 0 Å². The summed E-state index contributed by atoms with van der Waals surface area (Å²) >= 11 is 9.64. The van der Waals surface area contributed by atoms with Gasteiger partial charge >= 0.3 is 93.8 Å². The fourth-order valence-electron chi connectivity index (χ4n) is 9.39. The molecule has 0 saturated heterocycles. The molecule has 0 radical (unpaired) electrons. The summed E-state index contributed by atoms with van der Waals surface area (Å²) in [7, 11) is 0. The van der Waals surface area contributed by atoms with Crippen LogP contribution in [0, 0.1) is 112 Å². The van der Waals surface area contributed by atoms with E-state index in [1.807, 2.05) is 78.9 Å². The summed E-state index contributed by atoms with van der Waals surface area (Å²) < 4.78 is 0. The summed E-state index contributed by atoms with van der Waals surface area (Å²) in [6, 6.07) is 56.8. The van der Waals surface area contributed by atoms with E-state index >= 15 is 0 Å². The Morgan fingerprint density at radius 2 is 0.529 bits per heavy atom. The van der Waals surface area contributed by atoms with E-state index in [4.69, 9.17) is 45.9 Å². The molecule has 0 N–H and O–H groups in total. The van der Waals surface area contributed by atoms with Crippen molar-refractivity contribution in [3.8, 4) is 0 Å². The summed E-state index contributed by atoms with van der Waals surface area (Å²) in [5.41, 5.74) is 18.2. The smallest absolute Gasteiger partial charge is 0.788 e. The fraction of sp³-hybridized carbons (Fsp3) is 0.443. The predicted octanol–water partition coefficient (Wildman–Crippen LogP) is 25.4. The molecule has 7 aromatic rings. The van der Waals surface area contributed by atoms with Crippen molar-refractivity contribution >= 4 is 59.7 Å². The van der Waals surface area contributed by atoms with E-state index in [-0.39, 0.29) is 105 Å². The second-order valence-corrected chi connectivity index (χ2v) is 27.5. The number of para-hydroxylation sites is 4. The Bertz CT molecular complexity index is 2810. The molecule has 7 aromatic carbocycles. The maximum Gasteiger partial charge on any atom is 2.00 e. The first-order valence-electron chi connectivity index (χ1n) is 31.3. The van der Waals surface area contributed by atoms with Crippen LogP contribution in [0.3, 0.4) is 0 Å². The van der Waals surface area contributed by atoms with Crippen molar-refractivity contribution in [2.24, 2.45) is 20.8 Å². The molecule has 0 aliphatic heterocycles. The quantitative estimate of drug-likeness (QED) is 0.0619. The molecule has 7 rings (SSSR count). The van der Waals surface area contributed by atoms with Gasteiger partial charge in [0.2, 0.25) is 0 Å². The SMILES string of the molecule is CC(C)c1cccc(C(C)C)c1N=C([N-]c1c(C(C)C)cccc1C(C)C)C(C)(C)C.CC(C)c1cccc(C(C)C)c1N=C([N-]c1c(C(C)C)cccc1C(C)C)C(C)(C)C.Cc1ccccc1.[S-]Cc1ccccc1.[S-]Cc1ccccc1.[Yb+2].[Yb+2]. The van der Waals surface area contributed by atoms with Gasteiger partial charge in [-0.1, -0.05) is 344 Å². The van der Waals surface area contributed by atoms with E-state index in [2.05, 4.69) is 244 Å². The topological polar surface area (TPSA) is 52.9 Å². The van der Waals surface area contributed by atoms with E-state index in [1.165, 1.54) is 61.2 Å². The Morgan fingerprint density at radius 3 is 0.690 bits per heavy atom. The Labute approximate surface area is 620 Å². The van der Waals surface area contributed by atoms with Crippen molar-refractivity contribution in [2.75, 3.05) is 0 Å². The van der Waals surface area contributed by atoms with Crippen LogP contribution in [-0.2, 0) is 36.8 Å². The first kappa shape index (κ1) is 82.2. The molecule has 87 heavy (non-hydrogen) atoms. The van der Waals surface area contributed by atoms with E-state index in [1.54, 1.807) is 0 Å². The standard InChI is InChI=1S/2C29H43N2.2C7H8S.C7H8.2Yb/c2*1-18(2)22-14-12-15-23(19(3)4)26(22)30-28(29(9,10)11)31-27-24(20(5)6)16-13-17-25(27)21(7)8;2*8-6-7-4-2-1-3-5-7;1-7-5-3-2-4-6-7;;/h2*12-21H,1-11H3;2*1-5,8H,6H2;2-6H,1H3;;/q2*-1;;;;2*+2/p-2. The predicted molar refractivity (Wildman–Crippen MR) is 384 cm³/mol. The number of hydrogen-bond acceptors (Lipinski definition) is 4. The van der Waals surface area contributed by atoms with Gasteiger partial charge in [0, 0.05) is 0 Å². The second kappa shape index (κ2) is 40.9. The fourth-order valence-corrected chi connectivity index (χ4v) is 9.78. The maximum atomic E-state index is 5.32. The zero-order valence-corrected chi connectivity index (χ0v) is 62.3. The maximum absolute atomic E-state index is 5.32. The van der Waals surface area contributed by atoms with Crippen molar-refractivity contribution in [2.45, 2.75) is 218 Å². The normalized spacial score (nSPS) is 11.7. The van der Waals surface area contributed by atoms with E-state index < -0.39 is 0 Å². The summed E-state index contributed by atoms with van der Waals surface area (Å²) in [5.74, 6) is 6.53. The van der Waals surface area contributed by atoms with Crippen LogP contribution in [0.25, 0.3) is 10.6 Å². The third kappa shape index (κ3) is 27.5. The molecule has 0 saturated carbocycles. The van der Waals surface area contributed by atoms with Crippen LogP contribution in [0.2, 0.25) is 0 Å². The third-order valence-electron chi connectivity index (χ3n) is 14.5. The Hall–Kier alpha value is -2.78. The molecular formula is C79H108N4S2Yb2. The van der Waals surface area contributed by atoms with Gasteiger partial charge in [0.1, 0.15) is 0 Å². The van der Waals surface area contributed by atoms with Crippen molar-refractivity contribution in [1.82, 2.24) is 0 Å². The number of aliphatic imine (C=N–C) groups is 2. The van der Waals surface area contributed by atoms with Gasteiger partial charge in [-0.3, -0.25) is 0 Å². The number of aryl methyl sites for hydroxylation is 1. The summed E-state index contributed by atoms with van der Waals surface area (Å²) in [6.45, 7) is 51.3. The van der Waals surface area contributed by atoms with Crippen molar-refractivity contribution in [3.05, 3.63) is 236 Å². The van der Waals surface area contributed by atoms with Crippen LogP contribution in [-0.4, -0.2) is 11.7 Å². The number of rotatable bonds is 14. The van der Waals surface area contributed by atoms with Crippen LogP contribution < -0.4 is 0 Å². The first-order valence-corrected chi connectivity index (χ1v) is 32.5. The van der Waals surface area contributed by atoms with Gasteiger partial charge in [-0.25, -0.2) is 0 Å². The molecule has 0 aliphatic carbocycles. The minimum atomic E-state index is -0.170. The molecule has 4 nitrogen and oxygen atoms in total. The largest absolute Gasteiger partial charge is 2.00 e. The van der Waals surface area contributed by atoms with Crippen molar-refractivity contribution < 1.29 is 93.8 Å². The van der Waals surface area contributed by atoms with Gasteiger partial charge in [-0.15, -0.1) is 0 Å². The minimum Gasteiger partial charge on any atom is -0.788 e. The molecule has 484 valence electrons. The van der Waals surface area contributed by atoms with Gasteiger partial charge in [0.25, 0.3) is 0 Å². The Morgan fingerprint density at radius 1 is 0.322 bits per heavy atom. The summed E-state index contributed by atoms with van der Waals surface area (Å²) in [6.07, 6.45) is 0. The van der Waals surface area contributed by atoms with Crippen LogP contribution in [0.4, 0.5) is 22.7 Å². The Balaban J connectivity index is 0.000000623. The van der Waals surface area contributed by atoms with Gasteiger partial charge in [-0.2, -0.15) is 11.5 Å². The Kier molecular flexibility index (Phi) is 38.7. The van der Waals surface area contributed by atoms with Crippen LogP contribution >= 0.6 is 0 Å². The zero-order valence-electron chi connectivity index (χ0n) is 57.3. The first-order chi connectivity index (χ1) is 39.9. The molecule has 0 aromatic heterocycles. The molecule has 0 aliphatic rings. The molecule has 0 spiro atoms.